The van der Waals surface area contributed by atoms with Crippen molar-refractivity contribution < 1.29 is 10.2 Å². The zero-order valence-corrected chi connectivity index (χ0v) is 9.67. The molecule has 3 aromatic rings. The molecule has 0 heterocycles. The Morgan fingerprint density at radius 3 is 1.94 bits per heavy atom. The SMILES string of the molecule is Oc1cc(O)cc(-c2ccc3ccccc3c2)c1. The lowest BCUT2D eigenvalue weighted by Crippen LogP contribution is -1.79. The Labute approximate surface area is 105 Å². The van der Waals surface area contributed by atoms with Gasteiger partial charge in [-0.3, -0.25) is 0 Å². The molecule has 0 atom stereocenters. The normalized spacial score (nSPS) is 10.7. The van der Waals surface area contributed by atoms with Gasteiger partial charge in [0.15, 0.2) is 0 Å². The number of benzene rings is 3. The summed E-state index contributed by atoms with van der Waals surface area (Å²) in [6, 6.07) is 18.8. The quantitative estimate of drug-likeness (QED) is 0.672. The fourth-order valence-corrected chi connectivity index (χ4v) is 2.13. The molecule has 0 radical (unpaired) electrons. The van der Waals surface area contributed by atoms with E-state index in [1.165, 1.54) is 11.5 Å². The van der Waals surface area contributed by atoms with Crippen LogP contribution in [0.25, 0.3) is 21.9 Å². The molecule has 0 aliphatic carbocycles. The smallest absolute Gasteiger partial charge is 0.119 e. The first-order valence-electron chi connectivity index (χ1n) is 5.74. The molecular weight excluding hydrogens is 224 g/mol. The molecule has 0 amide bonds. The number of fused-ring (bicyclic) bond motifs is 1. The number of rotatable bonds is 1. The lowest BCUT2D eigenvalue weighted by atomic mass is 10.0. The maximum absolute atomic E-state index is 9.51. The zero-order chi connectivity index (χ0) is 12.5. The number of hydrogen-bond donors (Lipinski definition) is 2. The second-order valence-electron chi connectivity index (χ2n) is 4.30. The Morgan fingerprint density at radius 2 is 1.22 bits per heavy atom. The molecule has 3 rings (SSSR count). The largest absolute Gasteiger partial charge is 0.508 e. The van der Waals surface area contributed by atoms with E-state index in [1.807, 2.05) is 36.4 Å². The molecule has 3 aromatic carbocycles. The maximum atomic E-state index is 9.51. The van der Waals surface area contributed by atoms with Crippen molar-refractivity contribution in [2.45, 2.75) is 0 Å². The molecule has 0 fully saturated rings. The van der Waals surface area contributed by atoms with Crippen molar-refractivity contribution in [2.24, 2.45) is 0 Å². The minimum Gasteiger partial charge on any atom is -0.508 e. The van der Waals surface area contributed by atoms with Crippen LogP contribution in [0.2, 0.25) is 0 Å². The van der Waals surface area contributed by atoms with E-state index in [9.17, 15) is 10.2 Å². The third-order valence-corrected chi connectivity index (χ3v) is 2.99. The highest BCUT2D eigenvalue weighted by molar-refractivity contribution is 5.87. The minimum absolute atomic E-state index is 0.0677. The van der Waals surface area contributed by atoms with E-state index in [-0.39, 0.29) is 11.5 Å². The van der Waals surface area contributed by atoms with E-state index >= 15 is 0 Å². The first-order valence-corrected chi connectivity index (χ1v) is 5.74. The molecule has 0 aliphatic heterocycles. The molecular formula is C16H12O2. The summed E-state index contributed by atoms with van der Waals surface area (Å²) in [5.74, 6) is 0.135. The monoisotopic (exact) mass is 236 g/mol. The Hall–Kier alpha value is -2.48. The van der Waals surface area contributed by atoms with Crippen LogP contribution in [0.1, 0.15) is 0 Å². The van der Waals surface area contributed by atoms with E-state index in [1.54, 1.807) is 12.1 Å². The van der Waals surface area contributed by atoms with Crippen LogP contribution in [0.3, 0.4) is 0 Å². The van der Waals surface area contributed by atoms with Crippen LogP contribution in [0, 0.1) is 0 Å². The lowest BCUT2D eigenvalue weighted by molar-refractivity contribution is 0.451. The molecule has 2 nitrogen and oxygen atoms in total. The van der Waals surface area contributed by atoms with Crippen molar-refractivity contribution in [3.8, 4) is 22.6 Å². The second-order valence-corrected chi connectivity index (χ2v) is 4.30. The van der Waals surface area contributed by atoms with Crippen molar-refractivity contribution in [3.05, 3.63) is 60.7 Å². The molecule has 18 heavy (non-hydrogen) atoms. The third-order valence-electron chi connectivity index (χ3n) is 2.99. The average molecular weight is 236 g/mol. The topological polar surface area (TPSA) is 40.5 Å². The van der Waals surface area contributed by atoms with Gasteiger partial charge < -0.3 is 10.2 Å². The number of aromatic hydroxyl groups is 2. The van der Waals surface area contributed by atoms with Crippen LogP contribution in [-0.2, 0) is 0 Å². The fourth-order valence-electron chi connectivity index (χ4n) is 2.13. The Kier molecular flexibility index (Phi) is 2.41. The van der Waals surface area contributed by atoms with Gasteiger partial charge in [-0.05, 0) is 40.1 Å². The van der Waals surface area contributed by atoms with E-state index in [0.717, 1.165) is 16.5 Å². The zero-order valence-electron chi connectivity index (χ0n) is 9.67. The minimum atomic E-state index is 0.0677. The van der Waals surface area contributed by atoms with Crippen molar-refractivity contribution in [2.75, 3.05) is 0 Å². The van der Waals surface area contributed by atoms with Gasteiger partial charge in [0, 0.05) is 6.07 Å². The van der Waals surface area contributed by atoms with Crippen molar-refractivity contribution in [3.63, 3.8) is 0 Å². The van der Waals surface area contributed by atoms with Crippen molar-refractivity contribution in [1.82, 2.24) is 0 Å². The fraction of sp³-hybridized carbons (Fsp3) is 0. The Balaban J connectivity index is 2.19. The average Bonchev–Trinajstić information content (AvgIpc) is 2.37. The highest BCUT2D eigenvalue weighted by Crippen LogP contribution is 2.30. The summed E-state index contributed by atoms with van der Waals surface area (Å²) in [5.41, 5.74) is 1.78. The first-order chi connectivity index (χ1) is 8.72. The predicted molar refractivity (Wildman–Crippen MR) is 72.7 cm³/mol. The van der Waals surface area contributed by atoms with Gasteiger partial charge in [-0.2, -0.15) is 0 Å². The summed E-state index contributed by atoms with van der Waals surface area (Å²) in [5, 5.41) is 21.3. The van der Waals surface area contributed by atoms with Gasteiger partial charge in [0.05, 0.1) is 0 Å². The Morgan fingerprint density at radius 1 is 0.556 bits per heavy atom. The first kappa shape index (κ1) is 10.7. The highest BCUT2D eigenvalue weighted by Gasteiger charge is 2.03. The van der Waals surface area contributed by atoms with Crippen molar-refractivity contribution >= 4 is 10.8 Å². The molecule has 0 unspecified atom stereocenters. The van der Waals surface area contributed by atoms with Gasteiger partial charge in [0.2, 0.25) is 0 Å². The van der Waals surface area contributed by atoms with Crippen LogP contribution in [-0.4, -0.2) is 10.2 Å². The second kappa shape index (κ2) is 4.08. The molecule has 0 saturated heterocycles. The van der Waals surface area contributed by atoms with Gasteiger partial charge in [0.25, 0.3) is 0 Å². The number of hydrogen-bond acceptors (Lipinski definition) is 2. The van der Waals surface area contributed by atoms with Crippen LogP contribution in [0.4, 0.5) is 0 Å². The van der Waals surface area contributed by atoms with Crippen LogP contribution >= 0.6 is 0 Å². The van der Waals surface area contributed by atoms with Gasteiger partial charge in [0.1, 0.15) is 11.5 Å². The lowest BCUT2D eigenvalue weighted by Gasteiger charge is -2.05. The van der Waals surface area contributed by atoms with E-state index < -0.39 is 0 Å². The van der Waals surface area contributed by atoms with Gasteiger partial charge in [-0.15, -0.1) is 0 Å². The maximum Gasteiger partial charge on any atom is 0.119 e. The Bertz CT molecular complexity index is 697. The standard InChI is InChI=1S/C16H12O2/c17-15-8-14(9-16(18)10-15)13-6-5-11-3-1-2-4-12(11)7-13/h1-10,17-18H. The number of phenols is 2. The van der Waals surface area contributed by atoms with Gasteiger partial charge in [-0.1, -0.05) is 36.4 Å². The molecule has 0 aliphatic rings. The van der Waals surface area contributed by atoms with E-state index in [2.05, 4.69) is 6.07 Å². The summed E-state index contributed by atoms with van der Waals surface area (Å²) >= 11 is 0. The van der Waals surface area contributed by atoms with E-state index in [0.29, 0.717) is 0 Å². The summed E-state index contributed by atoms with van der Waals surface area (Å²) in [6.45, 7) is 0. The highest BCUT2D eigenvalue weighted by atomic mass is 16.3. The molecule has 88 valence electrons. The van der Waals surface area contributed by atoms with Crippen LogP contribution in [0.5, 0.6) is 11.5 Å². The summed E-state index contributed by atoms with van der Waals surface area (Å²) < 4.78 is 0. The predicted octanol–water partition coefficient (Wildman–Crippen LogP) is 3.92. The molecule has 0 bridgehead atoms. The van der Waals surface area contributed by atoms with Crippen LogP contribution < -0.4 is 0 Å². The number of phenolic OH excluding ortho intramolecular Hbond substituents is 2. The molecule has 2 N–H and O–H groups in total. The molecule has 0 spiro atoms. The van der Waals surface area contributed by atoms with Crippen LogP contribution in [0.15, 0.2) is 60.7 Å². The summed E-state index contributed by atoms with van der Waals surface area (Å²) in [6.07, 6.45) is 0. The molecule has 0 aromatic heterocycles. The summed E-state index contributed by atoms with van der Waals surface area (Å²) in [7, 11) is 0. The third kappa shape index (κ3) is 1.89. The van der Waals surface area contributed by atoms with Crippen molar-refractivity contribution in [1.29, 1.82) is 0 Å². The molecule has 2 heteroatoms. The molecule has 0 saturated carbocycles. The van der Waals surface area contributed by atoms with Gasteiger partial charge >= 0.3 is 0 Å². The van der Waals surface area contributed by atoms with Gasteiger partial charge in [-0.25, -0.2) is 0 Å². The summed E-state index contributed by atoms with van der Waals surface area (Å²) in [4.78, 5) is 0. The van der Waals surface area contributed by atoms with E-state index in [4.69, 9.17) is 0 Å².